The lowest BCUT2D eigenvalue weighted by Gasteiger charge is -2.13. The summed E-state index contributed by atoms with van der Waals surface area (Å²) < 4.78 is 5.98. The van der Waals surface area contributed by atoms with E-state index in [1.165, 1.54) is 6.33 Å². The van der Waals surface area contributed by atoms with Crippen LogP contribution in [-0.2, 0) is 0 Å². The van der Waals surface area contributed by atoms with Crippen LogP contribution in [0.2, 0.25) is 0 Å². The average molecular weight is 328 g/mol. The number of fused-ring (bicyclic) bond motifs is 1. The van der Waals surface area contributed by atoms with Gasteiger partial charge in [-0.05, 0) is 23.6 Å². The third-order valence-corrected chi connectivity index (χ3v) is 3.84. The van der Waals surface area contributed by atoms with Gasteiger partial charge < -0.3 is 15.8 Å². The van der Waals surface area contributed by atoms with E-state index in [0.717, 1.165) is 16.5 Å². The number of hydrogen-bond donors (Lipinski definition) is 2. The van der Waals surface area contributed by atoms with Crippen molar-refractivity contribution in [2.45, 2.75) is 0 Å². The second-order valence-corrected chi connectivity index (χ2v) is 5.51. The van der Waals surface area contributed by atoms with E-state index in [0.29, 0.717) is 23.1 Å². The minimum atomic E-state index is 0.324. The number of nitrogens with two attached hydrogens (primary N) is 1. The van der Waals surface area contributed by atoms with E-state index in [-0.39, 0.29) is 0 Å². The van der Waals surface area contributed by atoms with Gasteiger partial charge in [0.15, 0.2) is 5.82 Å². The lowest BCUT2D eigenvalue weighted by Crippen LogP contribution is -2.03. The Morgan fingerprint density at radius 1 is 0.800 bits per heavy atom. The normalized spacial score (nSPS) is 10.6. The van der Waals surface area contributed by atoms with Crippen molar-refractivity contribution in [1.29, 1.82) is 0 Å². The molecule has 1 heterocycles. The molecule has 122 valence electrons. The first-order valence-corrected chi connectivity index (χ1v) is 7.89. The van der Waals surface area contributed by atoms with E-state index < -0.39 is 0 Å². The molecule has 0 saturated carbocycles. The van der Waals surface area contributed by atoms with E-state index in [1.807, 2.05) is 72.8 Å². The fourth-order valence-corrected chi connectivity index (χ4v) is 2.61. The van der Waals surface area contributed by atoms with Crippen LogP contribution in [0.5, 0.6) is 11.6 Å². The first-order valence-electron chi connectivity index (χ1n) is 7.89. The highest BCUT2D eigenvalue weighted by atomic mass is 16.5. The first-order chi connectivity index (χ1) is 12.3. The van der Waals surface area contributed by atoms with Crippen molar-refractivity contribution in [2.75, 3.05) is 11.1 Å². The Morgan fingerprint density at radius 2 is 1.56 bits per heavy atom. The molecule has 0 saturated heterocycles. The van der Waals surface area contributed by atoms with E-state index in [2.05, 4.69) is 15.3 Å². The van der Waals surface area contributed by atoms with Gasteiger partial charge >= 0.3 is 0 Å². The zero-order valence-corrected chi connectivity index (χ0v) is 13.4. The van der Waals surface area contributed by atoms with Gasteiger partial charge in [-0.2, -0.15) is 4.98 Å². The summed E-state index contributed by atoms with van der Waals surface area (Å²) in [6, 6.07) is 23.6. The van der Waals surface area contributed by atoms with Crippen LogP contribution < -0.4 is 15.8 Å². The Balaban J connectivity index is 1.68. The van der Waals surface area contributed by atoms with Crippen molar-refractivity contribution < 1.29 is 4.74 Å². The number of nitrogens with one attached hydrogen (secondary N) is 1. The van der Waals surface area contributed by atoms with Crippen molar-refractivity contribution in [2.24, 2.45) is 0 Å². The van der Waals surface area contributed by atoms with Crippen molar-refractivity contribution >= 4 is 28.0 Å². The zero-order valence-electron chi connectivity index (χ0n) is 13.4. The molecule has 0 aliphatic rings. The van der Waals surface area contributed by atoms with E-state index in [4.69, 9.17) is 10.5 Å². The fourth-order valence-electron chi connectivity index (χ4n) is 2.61. The second-order valence-electron chi connectivity index (χ2n) is 5.51. The monoisotopic (exact) mass is 328 g/mol. The Bertz CT molecular complexity index is 1010. The number of para-hydroxylation sites is 1. The minimum Gasteiger partial charge on any atom is -0.436 e. The second kappa shape index (κ2) is 6.49. The van der Waals surface area contributed by atoms with Crippen LogP contribution in [0.1, 0.15) is 0 Å². The standard InChI is InChI=1S/C20H16N4O/c21-18-19(24-15-9-2-1-3-10-15)22-13-23-20(18)25-17-12-6-8-14-7-4-5-11-16(14)17/h1-13H,21H2,(H,22,23,24). The number of benzene rings is 3. The van der Waals surface area contributed by atoms with Gasteiger partial charge in [0.1, 0.15) is 17.8 Å². The Hall–Kier alpha value is -3.60. The molecule has 0 atom stereocenters. The Labute approximate surface area is 145 Å². The number of nitrogens with zero attached hydrogens (tertiary/aromatic N) is 2. The molecule has 5 heteroatoms. The molecular formula is C20H16N4O. The van der Waals surface area contributed by atoms with Gasteiger partial charge in [-0.25, -0.2) is 4.98 Å². The molecule has 0 aliphatic heterocycles. The molecule has 4 aromatic rings. The van der Waals surface area contributed by atoms with Gasteiger partial charge in [0.25, 0.3) is 0 Å². The minimum absolute atomic E-state index is 0.324. The number of ether oxygens (including phenoxy) is 1. The maximum absolute atomic E-state index is 6.21. The van der Waals surface area contributed by atoms with Crippen LogP contribution in [0.4, 0.5) is 17.2 Å². The fraction of sp³-hybridized carbons (Fsp3) is 0. The molecule has 0 fully saturated rings. The first kappa shape index (κ1) is 15.0. The van der Waals surface area contributed by atoms with Crippen molar-refractivity contribution in [1.82, 2.24) is 9.97 Å². The zero-order chi connectivity index (χ0) is 17.1. The quantitative estimate of drug-likeness (QED) is 0.565. The maximum Gasteiger partial charge on any atom is 0.248 e. The SMILES string of the molecule is Nc1c(Nc2ccccc2)ncnc1Oc1cccc2ccccc12. The van der Waals surface area contributed by atoms with Crippen molar-refractivity contribution in [3.63, 3.8) is 0 Å². The van der Waals surface area contributed by atoms with Gasteiger partial charge in [0, 0.05) is 11.1 Å². The summed E-state index contributed by atoms with van der Waals surface area (Å²) in [5.74, 6) is 1.54. The highest BCUT2D eigenvalue weighted by molar-refractivity contribution is 5.88. The average Bonchev–Trinajstić information content (AvgIpc) is 2.66. The largest absolute Gasteiger partial charge is 0.436 e. The lowest BCUT2D eigenvalue weighted by molar-refractivity contribution is 0.470. The molecule has 3 N–H and O–H groups in total. The van der Waals surface area contributed by atoms with E-state index in [9.17, 15) is 0 Å². The lowest BCUT2D eigenvalue weighted by atomic mass is 10.1. The summed E-state index contributed by atoms with van der Waals surface area (Å²) in [7, 11) is 0. The molecule has 0 radical (unpaired) electrons. The molecule has 0 spiro atoms. The summed E-state index contributed by atoms with van der Waals surface area (Å²) in [6.45, 7) is 0. The van der Waals surface area contributed by atoms with Crippen LogP contribution in [0.3, 0.4) is 0 Å². The topological polar surface area (TPSA) is 73.1 Å². The smallest absolute Gasteiger partial charge is 0.248 e. The van der Waals surface area contributed by atoms with E-state index in [1.54, 1.807) is 0 Å². The highest BCUT2D eigenvalue weighted by Crippen LogP contribution is 2.34. The van der Waals surface area contributed by atoms with Crippen LogP contribution in [-0.4, -0.2) is 9.97 Å². The van der Waals surface area contributed by atoms with Gasteiger partial charge in [-0.1, -0.05) is 54.6 Å². The molecule has 0 bridgehead atoms. The molecule has 0 amide bonds. The highest BCUT2D eigenvalue weighted by Gasteiger charge is 2.12. The third kappa shape index (κ3) is 3.07. The summed E-state index contributed by atoms with van der Waals surface area (Å²) in [5.41, 5.74) is 7.46. The summed E-state index contributed by atoms with van der Waals surface area (Å²) >= 11 is 0. The molecule has 0 aliphatic carbocycles. The Morgan fingerprint density at radius 3 is 2.44 bits per heavy atom. The predicted molar refractivity (Wildman–Crippen MR) is 100 cm³/mol. The van der Waals surface area contributed by atoms with Gasteiger partial charge in [-0.3, -0.25) is 0 Å². The third-order valence-electron chi connectivity index (χ3n) is 3.84. The summed E-state index contributed by atoms with van der Waals surface area (Å²) in [4.78, 5) is 8.40. The van der Waals surface area contributed by atoms with Crippen molar-refractivity contribution in [3.05, 3.63) is 79.1 Å². The molecule has 3 aromatic carbocycles. The van der Waals surface area contributed by atoms with Crippen LogP contribution in [0, 0.1) is 0 Å². The van der Waals surface area contributed by atoms with E-state index >= 15 is 0 Å². The predicted octanol–water partition coefficient (Wildman–Crippen LogP) is 4.75. The molecule has 0 unspecified atom stereocenters. The number of nitrogen functional groups attached to an aromatic ring is 1. The molecule has 5 nitrogen and oxygen atoms in total. The Kier molecular flexibility index (Phi) is 3.88. The van der Waals surface area contributed by atoms with Crippen molar-refractivity contribution in [3.8, 4) is 11.6 Å². The number of hydrogen-bond acceptors (Lipinski definition) is 5. The van der Waals surface area contributed by atoms with Gasteiger partial charge in [-0.15, -0.1) is 0 Å². The molecule has 4 rings (SSSR count). The molecule has 25 heavy (non-hydrogen) atoms. The number of rotatable bonds is 4. The van der Waals surface area contributed by atoms with Gasteiger partial charge in [0.2, 0.25) is 5.88 Å². The summed E-state index contributed by atoms with van der Waals surface area (Å²) in [6.07, 6.45) is 1.43. The van der Waals surface area contributed by atoms with Crippen LogP contribution in [0.15, 0.2) is 79.1 Å². The maximum atomic E-state index is 6.21. The summed E-state index contributed by atoms with van der Waals surface area (Å²) in [5, 5.41) is 5.27. The van der Waals surface area contributed by atoms with Gasteiger partial charge in [0.05, 0.1) is 0 Å². The number of anilines is 3. The molecule has 1 aromatic heterocycles. The van der Waals surface area contributed by atoms with Crippen LogP contribution >= 0.6 is 0 Å². The van der Waals surface area contributed by atoms with Crippen LogP contribution in [0.25, 0.3) is 10.8 Å². The number of aromatic nitrogens is 2. The molecular weight excluding hydrogens is 312 g/mol.